The maximum Gasteiger partial charge on any atom is 0.331 e. The molecule has 2 heterocycles. The smallest absolute Gasteiger partial charge is 0.331 e. The average molecular weight is 487 g/mol. The van der Waals surface area contributed by atoms with Crippen LogP contribution in [0.2, 0.25) is 0 Å². The maximum absolute atomic E-state index is 14.0. The quantitative estimate of drug-likeness (QED) is 0.422. The van der Waals surface area contributed by atoms with E-state index in [-0.39, 0.29) is 0 Å². The highest BCUT2D eigenvalue weighted by Crippen LogP contribution is 2.55. The lowest BCUT2D eigenvalue weighted by atomic mass is 9.75. The van der Waals surface area contributed by atoms with Crippen LogP contribution in [0, 0.1) is 11.8 Å². The molecular formula is C28H26N2O6. The number of ether oxygens (including phenoxy) is 3. The zero-order valence-electron chi connectivity index (χ0n) is 20.1. The Morgan fingerprint density at radius 3 is 2.14 bits per heavy atom. The number of fused-ring (bicyclic) bond motifs is 1. The molecular weight excluding hydrogens is 460 g/mol. The van der Waals surface area contributed by atoms with Gasteiger partial charge in [-0.25, -0.2) is 9.69 Å². The Kier molecular flexibility index (Phi) is 5.97. The van der Waals surface area contributed by atoms with Crippen molar-refractivity contribution >= 4 is 23.5 Å². The minimum atomic E-state index is -1.59. The fraction of sp³-hybridized carbons (Fsp3) is 0.250. The third-order valence-electron chi connectivity index (χ3n) is 7.09. The number of amides is 2. The zero-order chi connectivity index (χ0) is 25.4. The van der Waals surface area contributed by atoms with Crippen LogP contribution >= 0.6 is 0 Å². The number of benzene rings is 3. The van der Waals surface area contributed by atoms with Crippen molar-refractivity contribution in [1.82, 2.24) is 5.32 Å². The van der Waals surface area contributed by atoms with E-state index in [2.05, 4.69) is 5.32 Å². The number of nitrogens with one attached hydrogen (secondary N) is 1. The van der Waals surface area contributed by atoms with E-state index < -0.39 is 41.2 Å². The molecule has 8 heteroatoms. The number of nitrogens with zero attached hydrogens (tertiary/aromatic N) is 1. The Labute approximate surface area is 208 Å². The lowest BCUT2D eigenvalue weighted by molar-refractivity contribution is -0.152. The molecule has 0 aromatic heterocycles. The molecule has 0 spiro atoms. The second kappa shape index (κ2) is 9.13. The number of carbonyl (C=O) groups is 3. The number of para-hydroxylation sites is 1. The van der Waals surface area contributed by atoms with Crippen LogP contribution < -0.4 is 19.7 Å². The van der Waals surface area contributed by atoms with Gasteiger partial charge < -0.3 is 14.2 Å². The van der Waals surface area contributed by atoms with Crippen molar-refractivity contribution in [2.45, 2.75) is 11.6 Å². The van der Waals surface area contributed by atoms with Crippen LogP contribution in [0.5, 0.6) is 11.5 Å². The van der Waals surface area contributed by atoms with Crippen molar-refractivity contribution in [1.29, 1.82) is 0 Å². The van der Waals surface area contributed by atoms with Crippen molar-refractivity contribution < 1.29 is 28.6 Å². The summed E-state index contributed by atoms with van der Waals surface area (Å²) in [4.78, 5) is 42.8. The van der Waals surface area contributed by atoms with Crippen LogP contribution in [0.25, 0.3) is 0 Å². The Hall–Kier alpha value is -4.17. The molecule has 1 N–H and O–H groups in total. The van der Waals surface area contributed by atoms with E-state index in [1.54, 1.807) is 73.8 Å². The third-order valence-corrected chi connectivity index (χ3v) is 7.09. The number of carbonyl (C=O) groups excluding carboxylic acids is 3. The Morgan fingerprint density at radius 1 is 0.861 bits per heavy atom. The molecule has 36 heavy (non-hydrogen) atoms. The topological polar surface area (TPSA) is 94.2 Å². The zero-order valence-corrected chi connectivity index (χ0v) is 20.1. The van der Waals surface area contributed by atoms with Gasteiger partial charge in [-0.15, -0.1) is 0 Å². The van der Waals surface area contributed by atoms with Gasteiger partial charge in [0.2, 0.25) is 11.8 Å². The molecule has 5 rings (SSSR count). The second-order valence-electron chi connectivity index (χ2n) is 8.75. The van der Waals surface area contributed by atoms with Gasteiger partial charge in [0.25, 0.3) is 0 Å². The number of rotatable bonds is 6. The average Bonchev–Trinajstić information content (AvgIpc) is 3.42. The van der Waals surface area contributed by atoms with E-state index in [4.69, 9.17) is 14.2 Å². The molecule has 2 amide bonds. The first-order valence-corrected chi connectivity index (χ1v) is 11.5. The van der Waals surface area contributed by atoms with Crippen LogP contribution in [-0.4, -0.2) is 39.1 Å². The van der Waals surface area contributed by atoms with Gasteiger partial charge in [-0.2, -0.15) is 0 Å². The predicted octanol–water partition coefficient (Wildman–Crippen LogP) is 3.22. The fourth-order valence-electron chi connectivity index (χ4n) is 5.51. The minimum absolute atomic E-state index is 0.395. The van der Waals surface area contributed by atoms with Gasteiger partial charge in [0, 0.05) is 17.7 Å². The second-order valence-corrected chi connectivity index (χ2v) is 8.75. The van der Waals surface area contributed by atoms with E-state index in [1.165, 1.54) is 19.1 Å². The summed E-state index contributed by atoms with van der Waals surface area (Å²) < 4.78 is 16.2. The molecule has 0 saturated carbocycles. The van der Waals surface area contributed by atoms with Gasteiger partial charge in [0.1, 0.15) is 11.5 Å². The highest BCUT2D eigenvalue weighted by Gasteiger charge is 2.70. The van der Waals surface area contributed by atoms with Crippen molar-refractivity contribution in [2.75, 3.05) is 26.2 Å². The molecule has 2 aliphatic heterocycles. The summed E-state index contributed by atoms with van der Waals surface area (Å²) in [6.07, 6.45) is 0. The number of hydrogen-bond acceptors (Lipinski definition) is 7. The van der Waals surface area contributed by atoms with Crippen LogP contribution in [0.3, 0.4) is 0 Å². The van der Waals surface area contributed by atoms with E-state index in [0.717, 1.165) is 0 Å². The Morgan fingerprint density at radius 2 is 1.53 bits per heavy atom. The first-order valence-electron chi connectivity index (χ1n) is 11.5. The Bertz CT molecular complexity index is 1310. The molecule has 2 saturated heterocycles. The van der Waals surface area contributed by atoms with Gasteiger partial charge in [-0.1, -0.05) is 54.6 Å². The fourth-order valence-corrected chi connectivity index (χ4v) is 5.51. The molecule has 4 atom stereocenters. The summed E-state index contributed by atoms with van der Waals surface area (Å²) in [5.74, 6) is -2.39. The SMILES string of the molecule is COC(=O)[C@@]1(c2ccccc2)N[C@@H](c2ccc(OC)cc2OC)[C@@H]2C(=O)N(c3ccccc3)C(=O)[C@H]21. The number of imide groups is 1. The number of methoxy groups -OCH3 is 3. The first-order chi connectivity index (χ1) is 17.5. The van der Waals surface area contributed by atoms with Gasteiger partial charge in [0.15, 0.2) is 5.54 Å². The maximum atomic E-state index is 14.0. The minimum Gasteiger partial charge on any atom is -0.497 e. The summed E-state index contributed by atoms with van der Waals surface area (Å²) in [5.41, 5.74) is 0.0326. The standard InChI is InChI=1S/C28H26N2O6/c1-34-19-14-15-20(21(16-19)35-2)24-22-23(26(32)30(25(22)31)18-12-8-5-9-13-18)28(29-24,27(33)36-3)17-10-6-4-7-11-17/h4-16,22-24,29H,1-3H3/t22-,23+,24+,28+/m1/s1. The monoisotopic (exact) mass is 486 g/mol. The van der Waals surface area contributed by atoms with Crippen LogP contribution in [0.1, 0.15) is 17.2 Å². The van der Waals surface area contributed by atoms with Crippen molar-refractivity contribution in [3.63, 3.8) is 0 Å². The van der Waals surface area contributed by atoms with E-state index in [1.807, 2.05) is 12.1 Å². The van der Waals surface area contributed by atoms with Crippen LogP contribution in [0.4, 0.5) is 5.69 Å². The van der Waals surface area contributed by atoms with Gasteiger partial charge in [0.05, 0.1) is 38.9 Å². The largest absolute Gasteiger partial charge is 0.497 e. The van der Waals surface area contributed by atoms with E-state index in [0.29, 0.717) is 28.3 Å². The summed E-state index contributed by atoms with van der Waals surface area (Å²) >= 11 is 0. The van der Waals surface area contributed by atoms with Gasteiger partial charge in [-0.3, -0.25) is 14.9 Å². The van der Waals surface area contributed by atoms with Crippen LogP contribution in [0.15, 0.2) is 78.9 Å². The number of esters is 1. The molecule has 184 valence electrons. The molecule has 8 nitrogen and oxygen atoms in total. The molecule has 3 aromatic rings. The lowest BCUT2D eigenvalue weighted by Crippen LogP contribution is -2.53. The molecule has 2 aliphatic rings. The molecule has 0 aliphatic carbocycles. The van der Waals surface area contributed by atoms with Crippen molar-refractivity contribution in [3.8, 4) is 11.5 Å². The predicted molar refractivity (Wildman–Crippen MR) is 131 cm³/mol. The third kappa shape index (κ3) is 3.37. The first kappa shape index (κ1) is 23.6. The van der Waals surface area contributed by atoms with Crippen molar-refractivity contribution in [2.24, 2.45) is 11.8 Å². The Balaban J connectivity index is 1.75. The summed E-state index contributed by atoms with van der Waals surface area (Å²) in [7, 11) is 4.35. The molecule has 3 aromatic carbocycles. The van der Waals surface area contributed by atoms with Crippen molar-refractivity contribution in [3.05, 3.63) is 90.0 Å². The van der Waals surface area contributed by atoms with E-state index >= 15 is 0 Å². The molecule has 0 unspecified atom stereocenters. The van der Waals surface area contributed by atoms with E-state index in [9.17, 15) is 14.4 Å². The molecule has 0 radical (unpaired) electrons. The molecule has 2 fully saturated rings. The van der Waals surface area contributed by atoms with Crippen LogP contribution in [-0.2, 0) is 24.7 Å². The molecule has 0 bridgehead atoms. The van der Waals surface area contributed by atoms with Gasteiger partial charge in [-0.05, 0) is 23.8 Å². The number of hydrogen-bond donors (Lipinski definition) is 1. The lowest BCUT2D eigenvalue weighted by Gasteiger charge is -2.33. The summed E-state index contributed by atoms with van der Waals surface area (Å²) in [5, 5.41) is 3.37. The normalized spacial score (nSPS) is 25.0. The summed E-state index contributed by atoms with van der Waals surface area (Å²) in [6, 6.07) is 22.2. The van der Waals surface area contributed by atoms with Gasteiger partial charge >= 0.3 is 5.97 Å². The highest BCUT2D eigenvalue weighted by atomic mass is 16.5. The number of anilines is 1. The summed E-state index contributed by atoms with van der Waals surface area (Å²) in [6.45, 7) is 0. The highest BCUT2D eigenvalue weighted by molar-refractivity contribution is 6.24.